The number of hydrogen-bond donors (Lipinski definition) is 2. The van der Waals surface area contributed by atoms with Gasteiger partial charge in [0.2, 0.25) is 0 Å². The van der Waals surface area contributed by atoms with Gasteiger partial charge in [-0.25, -0.2) is 0 Å². The van der Waals surface area contributed by atoms with Crippen molar-refractivity contribution in [2.75, 3.05) is 26.9 Å². The lowest BCUT2D eigenvalue weighted by Crippen LogP contribution is -2.44. The van der Waals surface area contributed by atoms with E-state index in [0.29, 0.717) is 12.0 Å². The van der Waals surface area contributed by atoms with Crippen LogP contribution in [0, 0.1) is 5.92 Å². The van der Waals surface area contributed by atoms with Gasteiger partial charge in [0.1, 0.15) is 0 Å². The minimum Gasteiger partial charge on any atom is -0.385 e. The van der Waals surface area contributed by atoms with Gasteiger partial charge in [0.15, 0.2) is 0 Å². The molecule has 1 aliphatic heterocycles. The molecule has 0 aliphatic carbocycles. The predicted molar refractivity (Wildman–Crippen MR) is 55.8 cm³/mol. The van der Waals surface area contributed by atoms with Gasteiger partial charge in [-0.3, -0.25) is 11.3 Å². The Morgan fingerprint density at radius 1 is 1.64 bits per heavy atom. The van der Waals surface area contributed by atoms with Crippen LogP contribution in [-0.4, -0.2) is 33.0 Å². The molecule has 0 radical (unpaired) electrons. The van der Waals surface area contributed by atoms with E-state index in [9.17, 15) is 0 Å². The van der Waals surface area contributed by atoms with E-state index in [1.807, 2.05) is 0 Å². The van der Waals surface area contributed by atoms with Crippen molar-refractivity contribution in [3.63, 3.8) is 0 Å². The van der Waals surface area contributed by atoms with E-state index in [4.69, 9.17) is 15.3 Å². The number of ether oxygens (including phenoxy) is 2. The van der Waals surface area contributed by atoms with E-state index in [1.54, 1.807) is 7.11 Å². The summed E-state index contributed by atoms with van der Waals surface area (Å²) >= 11 is 0. The van der Waals surface area contributed by atoms with Gasteiger partial charge in [0, 0.05) is 26.4 Å². The molecule has 1 rings (SSSR count). The second kappa shape index (κ2) is 7.17. The minimum atomic E-state index is 0.380. The maximum Gasteiger partial charge on any atom is 0.0509 e. The van der Waals surface area contributed by atoms with E-state index in [-0.39, 0.29) is 0 Å². The van der Waals surface area contributed by atoms with Gasteiger partial charge in [0.05, 0.1) is 6.61 Å². The highest BCUT2D eigenvalue weighted by Gasteiger charge is 2.22. The Morgan fingerprint density at radius 2 is 2.50 bits per heavy atom. The largest absolute Gasteiger partial charge is 0.385 e. The summed E-state index contributed by atoms with van der Waals surface area (Å²) in [5.41, 5.74) is 2.90. The maximum absolute atomic E-state index is 5.54. The molecule has 0 spiro atoms. The highest BCUT2D eigenvalue weighted by molar-refractivity contribution is 4.76. The summed E-state index contributed by atoms with van der Waals surface area (Å²) in [6, 6.07) is 0.380. The number of hydrazine groups is 1. The monoisotopic (exact) mass is 202 g/mol. The van der Waals surface area contributed by atoms with Crippen LogP contribution in [0.25, 0.3) is 0 Å². The molecule has 1 fully saturated rings. The van der Waals surface area contributed by atoms with Gasteiger partial charge in [-0.15, -0.1) is 0 Å². The molecule has 0 aromatic heterocycles. The lowest BCUT2D eigenvalue weighted by atomic mass is 9.91. The van der Waals surface area contributed by atoms with Crippen LogP contribution in [0.1, 0.15) is 25.7 Å². The summed E-state index contributed by atoms with van der Waals surface area (Å²) in [7, 11) is 1.73. The molecule has 84 valence electrons. The zero-order valence-corrected chi connectivity index (χ0v) is 9.00. The van der Waals surface area contributed by atoms with Crippen molar-refractivity contribution in [2.45, 2.75) is 31.7 Å². The van der Waals surface area contributed by atoms with Crippen molar-refractivity contribution in [3.05, 3.63) is 0 Å². The van der Waals surface area contributed by atoms with Gasteiger partial charge in [-0.1, -0.05) is 0 Å². The van der Waals surface area contributed by atoms with Crippen LogP contribution < -0.4 is 11.3 Å². The van der Waals surface area contributed by atoms with Crippen LogP contribution in [0.15, 0.2) is 0 Å². The molecular formula is C10H22N2O2. The van der Waals surface area contributed by atoms with Gasteiger partial charge in [0.25, 0.3) is 0 Å². The van der Waals surface area contributed by atoms with Crippen LogP contribution in [0.4, 0.5) is 0 Å². The van der Waals surface area contributed by atoms with Crippen molar-refractivity contribution in [3.8, 4) is 0 Å². The zero-order chi connectivity index (χ0) is 10.2. The first-order chi connectivity index (χ1) is 6.88. The second-order valence-electron chi connectivity index (χ2n) is 3.89. The molecule has 0 saturated carbocycles. The lowest BCUT2D eigenvalue weighted by molar-refractivity contribution is 0.0364. The Balaban J connectivity index is 2.21. The highest BCUT2D eigenvalue weighted by Crippen LogP contribution is 2.19. The van der Waals surface area contributed by atoms with Crippen molar-refractivity contribution < 1.29 is 9.47 Å². The molecule has 4 heteroatoms. The minimum absolute atomic E-state index is 0.380. The molecule has 2 atom stereocenters. The molecule has 1 heterocycles. The second-order valence-corrected chi connectivity index (χ2v) is 3.89. The lowest BCUT2D eigenvalue weighted by Gasteiger charge is -2.29. The normalized spacial score (nSPS) is 24.9. The third-order valence-corrected chi connectivity index (χ3v) is 2.84. The van der Waals surface area contributed by atoms with E-state index in [1.165, 1.54) is 6.42 Å². The Morgan fingerprint density at radius 3 is 3.07 bits per heavy atom. The molecule has 0 bridgehead atoms. The third kappa shape index (κ3) is 3.92. The predicted octanol–water partition coefficient (Wildman–Crippen LogP) is 0.671. The Bertz CT molecular complexity index is 138. The van der Waals surface area contributed by atoms with Crippen molar-refractivity contribution in [1.29, 1.82) is 0 Å². The van der Waals surface area contributed by atoms with Gasteiger partial charge >= 0.3 is 0 Å². The number of nitrogens with one attached hydrogen (secondary N) is 1. The molecule has 2 unspecified atom stereocenters. The number of nitrogens with two attached hydrogens (primary N) is 1. The van der Waals surface area contributed by atoms with E-state index in [0.717, 1.165) is 39.1 Å². The SMILES string of the molecule is COCCCC(NN)C1CCCOC1. The fourth-order valence-electron chi connectivity index (χ4n) is 1.99. The first-order valence-electron chi connectivity index (χ1n) is 5.41. The summed E-state index contributed by atoms with van der Waals surface area (Å²) < 4.78 is 10.5. The smallest absolute Gasteiger partial charge is 0.0509 e. The van der Waals surface area contributed by atoms with Crippen LogP contribution >= 0.6 is 0 Å². The van der Waals surface area contributed by atoms with Crippen molar-refractivity contribution in [2.24, 2.45) is 11.8 Å². The van der Waals surface area contributed by atoms with Gasteiger partial charge < -0.3 is 9.47 Å². The van der Waals surface area contributed by atoms with Crippen LogP contribution in [0.2, 0.25) is 0 Å². The van der Waals surface area contributed by atoms with Crippen LogP contribution in [0.5, 0.6) is 0 Å². The molecule has 4 nitrogen and oxygen atoms in total. The first-order valence-corrected chi connectivity index (χ1v) is 5.41. The zero-order valence-electron chi connectivity index (χ0n) is 9.00. The number of rotatable bonds is 6. The van der Waals surface area contributed by atoms with Crippen molar-refractivity contribution in [1.82, 2.24) is 5.43 Å². The molecule has 14 heavy (non-hydrogen) atoms. The third-order valence-electron chi connectivity index (χ3n) is 2.84. The average molecular weight is 202 g/mol. The standard InChI is InChI=1S/C10H22N2O2/c1-13-6-3-5-10(12-11)9-4-2-7-14-8-9/h9-10,12H,2-8,11H2,1H3. The van der Waals surface area contributed by atoms with Crippen LogP contribution in [0.3, 0.4) is 0 Å². The molecule has 0 aromatic rings. The molecule has 3 N–H and O–H groups in total. The van der Waals surface area contributed by atoms with Gasteiger partial charge in [-0.05, 0) is 31.6 Å². The summed E-state index contributed by atoms with van der Waals surface area (Å²) in [5.74, 6) is 6.11. The summed E-state index contributed by atoms with van der Waals surface area (Å²) in [6.07, 6.45) is 4.51. The first kappa shape index (κ1) is 11.9. The Labute approximate surface area is 86.1 Å². The fourth-order valence-corrected chi connectivity index (χ4v) is 1.99. The number of hydrogen-bond acceptors (Lipinski definition) is 4. The van der Waals surface area contributed by atoms with Crippen LogP contribution in [-0.2, 0) is 9.47 Å². The summed E-state index contributed by atoms with van der Waals surface area (Å²) in [5, 5.41) is 0. The Hall–Kier alpha value is -0.160. The molecular weight excluding hydrogens is 180 g/mol. The molecule has 1 aliphatic rings. The van der Waals surface area contributed by atoms with E-state index in [2.05, 4.69) is 5.43 Å². The highest BCUT2D eigenvalue weighted by atomic mass is 16.5. The fraction of sp³-hybridized carbons (Fsp3) is 1.00. The summed E-state index contributed by atoms with van der Waals surface area (Å²) in [4.78, 5) is 0. The summed E-state index contributed by atoms with van der Waals surface area (Å²) in [6.45, 7) is 2.57. The van der Waals surface area contributed by atoms with Gasteiger partial charge in [-0.2, -0.15) is 0 Å². The van der Waals surface area contributed by atoms with E-state index >= 15 is 0 Å². The van der Waals surface area contributed by atoms with E-state index < -0.39 is 0 Å². The molecule has 1 saturated heterocycles. The average Bonchev–Trinajstić information content (AvgIpc) is 2.26. The molecule has 0 amide bonds. The van der Waals surface area contributed by atoms with Crippen molar-refractivity contribution >= 4 is 0 Å². The quantitative estimate of drug-likeness (QED) is 0.378. The Kier molecular flexibility index (Phi) is 6.10. The number of methoxy groups -OCH3 is 1. The maximum atomic E-state index is 5.54. The topological polar surface area (TPSA) is 56.5 Å². The molecule has 0 aromatic carbocycles.